The fourth-order valence-corrected chi connectivity index (χ4v) is 0. The van der Waals surface area contributed by atoms with Crippen LogP contribution in [0, 0.1) is 0 Å². The summed E-state index contributed by atoms with van der Waals surface area (Å²) in [6.45, 7) is 0. The summed E-state index contributed by atoms with van der Waals surface area (Å²) in [6.07, 6.45) is 0. The zero-order chi connectivity index (χ0) is 2.00. The van der Waals surface area contributed by atoms with Crippen LogP contribution in [0.15, 0.2) is 0 Å². The molecule has 0 aliphatic carbocycles. The molecule has 4 heteroatoms. The molecular weight excluding hydrogens is 371 g/mol. The van der Waals surface area contributed by atoms with Crippen molar-refractivity contribution in [2.45, 2.75) is 0 Å². The van der Waals surface area contributed by atoms with Crippen molar-refractivity contribution in [2.24, 2.45) is 0 Å². The van der Waals surface area contributed by atoms with Crippen LogP contribution in [-0.4, -0.2) is 53.0 Å². The van der Waals surface area contributed by atoms with Crippen LogP contribution >= 0.6 is 0 Å². The normalized spacial score (nSPS) is 0.750. The second-order valence-electron chi connectivity index (χ2n) is 0. The molecule has 0 fully saturated rings. The van der Waals surface area contributed by atoms with Crippen LogP contribution in [0.4, 0.5) is 0 Å². The van der Waals surface area contributed by atoms with Gasteiger partial charge in [-0.1, -0.05) is 0 Å². The molecule has 0 aliphatic rings. The molecule has 0 unspecified atom stereocenters. The van der Waals surface area contributed by atoms with Crippen molar-refractivity contribution in [3.8, 4) is 0 Å². The molecule has 0 aromatic carbocycles. The quantitative estimate of drug-likeness (QED) is 0.433. The van der Waals surface area contributed by atoms with E-state index in [4.69, 9.17) is 0 Å². The fraction of sp³-hybridized carbons (Fsp3) is 0. The van der Waals surface area contributed by atoms with Crippen LogP contribution in [0.25, 0.3) is 0 Å². The van der Waals surface area contributed by atoms with Gasteiger partial charge in [0.05, 0.1) is 0 Å². The topological polar surface area (TPSA) is 0 Å². The summed E-state index contributed by atoms with van der Waals surface area (Å²) in [4.78, 5) is 0. The molecule has 0 N–H and O–H groups in total. The summed E-state index contributed by atoms with van der Waals surface area (Å²) in [7, 11) is 0. The van der Waals surface area contributed by atoms with Gasteiger partial charge in [0.2, 0.25) is 0 Å². The van der Waals surface area contributed by atoms with Crippen LogP contribution < -0.4 is 0 Å². The SMILES string of the molecule is [Ag].[GaH3].[Se]=[In]. The first kappa shape index (κ1) is 15.9. The monoisotopic (exact) mass is 374 g/mol. The van der Waals surface area contributed by atoms with E-state index >= 15 is 0 Å². The van der Waals surface area contributed by atoms with Crippen molar-refractivity contribution in [1.82, 2.24) is 0 Å². The van der Waals surface area contributed by atoms with Crippen molar-refractivity contribution >= 4 is 53.0 Å². The average molecular weight is 374 g/mol. The molecule has 0 aromatic heterocycles. The molecule has 0 saturated carbocycles. The van der Waals surface area contributed by atoms with Gasteiger partial charge in [0.15, 0.2) is 0 Å². The van der Waals surface area contributed by atoms with Gasteiger partial charge in [0, 0.05) is 22.4 Å². The fourth-order valence-electron chi connectivity index (χ4n) is 0. The van der Waals surface area contributed by atoms with Crippen LogP contribution in [0.3, 0.4) is 0 Å². The van der Waals surface area contributed by atoms with Gasteiger partial charge in [-0.3, -0.25) is 0 Å². The first-order chi connectivity index (χ1) is 1.00. The summed E-state index contributed by atoms with van der Waals surface area (Å²) >= 11 is 3.98. The van der Waals surface area contributed by atoms with E-state index in [2.05, 4.69) is 11.8 Å². The number of rotatable bonds is 0. The van der Waals surface area contributed by atoms with E-state index in [0.717, 1.165) is 0 Å². The van der Waals surface area contributed by atoms with Gasteiger partial charge in [0.1, 0.15) is 0 Å². The second kappa shape index (κ2) is 17.1. The zero-order valence-electron chi connectivity index (χ0n) is 1.29. The first-order valence-electron chi connectivity index (χ1n) is 0.236. The Morgan fingerprint density at radius 1 is 1.25 bits per heavy atom. The Labute approximate surface area is 74.0 Å². The van der Waals surface area contributed by atoms with E-state index in [1.807, 2.05) is 0 Å². The van der Waals surface area contributed by atoms with Gasteiger partial charge in [-0.05, 0) is 0 Å². The van der Waals surface area contributed by atoms with Crippen molar-refractivity contribution in [3.05, 3.63) is 0 Å². The van der Waals surface area contributed by atoms with E-state index in [0.29, 0.717) is 0 Å². The zero-order valence-corrected chi connectivity index (χ0v) is 7.78. The molecule has 26 valence electrons. The Morgan fingerprint density at radius 2 is 1.25 bits per heavy atom. The molecule has 0 spiro atoms. The molecular formula is H3AgGaInSe. The van der Waals surface area contributed by atoms with Crippen LogP contribution in [0.1, 0.15) is 0 Å². The molecule has 2 radical (unpaired) electrons. The molecule has 0 aliphatic heterocycles. The molecule has 0 rings (SSSR count). The Kier molecular flexibility index (Phi) is 67.9. The van der Waals surface area contributed by atoms with Gasteiger partial charge in [-0.2, -0.15) is 0 Å². The predicted octanol–water partition coefficient (Wildman–Crippen LogP) is -1.95. The van der Waals surface area contributed by atoms with E-state index in [1.54, 1.807) is 0 Å². The third-order valence-electron chi connectivity index (χ3n) is 0. The van der Waals surface area contributed by atoms with Gasteiger partial charge in [-0.15, -0.1) is 0 Å². The maximum absolute atomic E-state index is 2.76. The third-order valence-corrected chi connectivity index (χ3v) is 0. The molecule has 0 bridgehead atoms. The van der Waals surface area contributed by atoms with Crippen LogP contribution in [0.5, 0.6) is 0 Å². The third kappa shape index (κ3) is 8.84. The summed E-state index contributed by atoms with van der Waals surface area (Å²) in [5, 5.41) is 0. The minimum atomic E-state index is 0. The summed E-state index contributed by atoms with van der Waals surface area (Å²) < 4.78 is 0. The van der Waals surface area contributed by atoms with Crippen LogP contribution in [0.2, 0.25) is 0 Å². The molecule has 0 heterocycles. The Balaban J connectivity index is -0.00000000500. The molecule has 0 aromatic rings. The predicted molar refractivity (Wildman–Crippen MR) is 21.4 cm³/mol. The second-order valence-corrected chi connectivity index (χ2v) is 0. The van der Waals surface area contributed by atoms with Gasteiger partial charge in [0.25, 0.3) is 0 Å². The Hall–Kier alpha value is 2.77. The van der Waals surface area contributed by atoms with E-state index in [1.165, 1.54) is 21.4 Å². The van der Waals surface area contributed by atoms with E-state index in [-0.39, 0.29) is 42.2 Å². The molecule has 0 amide bonds. The summed E-state index contributed by atoms with van der Waals surface area (Å²) in [5.41, 5.74) is 0. The standard InChI is InChI=1S/Ag.Ga.In.Se.3H. The van der Waals surface area contributed by atoms with Gasteiger partial charge < -0.3 is 0 Å². The maximum atomic E-state index is 2.76. The van der Waals surface area contributed by atoms with E-state index in [9.17, 15) is 0 Å². The molecule has 0 atom stereocenters. The number of hydrogen-bond acceptors (Lipinski definition) is 0. The first-order valence-corrected chi connectivity index (χ1v) is 8.22. The van der Waals surface area contributed by atoms with Crippen LogP contribution in [-0.2, 0) is 22.4 Å². The summed E-state index contributed by atoms with van der Waals surface area (Å²) in [6, 6.07) is 0. The Morgan fingerprint density at radius 3 is 1.25 bits per heavy atom. The molecule has 4 heavy (non-hydrogen) atoms. The molecule has 0 nitrogen and oxygen atoms in total. The summed E-state index contributed by atoms with van der Waals surface area (Å²) in [5.74, 6) is 0. The van der Waals surface area contributed by atoms with Crippen molar-refractivity contribution in [2.75, 3.05) is 0 Å². The number of hydrogen-bond donors (Lipinski definition) is 0. The molecule has 0 saturated heterocycles. The Bertz CT molecular complexity index is 8.00. The van der Waals surface area contributed by atoms with Crippen molar-refractivity contribution in [1.29, 1.82) is 0 Å². The van der Waals surface area contributed by atoms with Gasteiger partial charge in [-0.25, -0.2) is 0 Å². The van der Waals surface area contributed by atoms with Crippen molar-refractivity contribution < 1.29 is 22.4 Å². The average Bonchev–Trinajstić information content (AvgIpc) is 1.00. The van der Waals surface area contributed by atoms with Gasteiger partial charge >= 0.3 is 53.0 Å². The van der Waals surface area contributed by atoms with E-state index < -0.39 is 0 Å². The minimum absolute atomic E-state index is 0. The van der Waals surface area contributed by atoms with Crippen molar-refractivity contribution in [3.63, 3.8) is 0 Å².